The van der Waals surface area contributed by atoms with Crippen LogP contribution >= 0.6 is 11.6 Å². The Morgan fingerprint density at radius 2 is 1.57 bits per heavy atom. The number of carbonyl (C=O) groups excluding carboxylic acids is 3. The van der Waals surface area contributed by atoms with Gasteiger partial charge in [-0.05, 0) is 70.7 Å². The summed E-state index contributed by atoms with van der Waals surface area (Å²) in [6.45, 7) is 7.03. The van der Waals surface area contributed by atoms with Crippen LogP contribution in [0.3, 0.4) is 0 Å². The number of halogens is 3. The number of benzene rings is 1. The largest absolute Gasteiger partial charge is 0.395 e. The number of carbonyl (C=O) groups is 3. The highest BCUT2D eigenvalue weighted by atomic mass is 35.5. The first kappa shape index (κ1) is 34.5. The summed E-state index contributed by atoms with van der Waals surface area (Å²) in [5.74, 6) is -3.73. The Balaban J connectivity index is 1.32. The summed E-state index contributed by atoms with van der Waals surface area (Å²) < 4.78 is 28.6. The first-order valence-electron chi connectivity index (χ1n) is 17.4. The van der Waals surface area contributed by atoms with E-state index in [1.807, 2.05) is 36.2 Å². The standard InChI is InChI=1S/C35H50ClF2N5O4/c1-34(2,22-44)33(47)43(26-10-12-35(37,38)13-11-26)27-18-30(32(46)40-16-14-39(3)15-17-40)42(19-27)31(45)29-21-41(25-8-9-25)20-28(29)23-4-6-24(36)7-5-23/h4-7,25-30,44H,8-22H2,1-3H3/t27-,28-,29+,30+/m0/s1. The topological polar surface area (TPSA) is 87.6 Å². The first-order valence-corrected chi connectivity index (χ1v) is 17.7. The maximum Gasteiger partial charge on any atom is 0.248 e. The number of rotatable bonds is 8. The van der Waals surface area contributed by atoms with Crippen molar-refractivity contribution >= 4 is 29.3 Å². The van der Waals surface area contributed by atoms with Crippen molar-refractivity contribution in [3.05, 3.63) is 34.9 Å². The zero-order valence-corrected chi connectivity index (χ0v) is 28.7. The summed E-state index contributed by atoms with van der Waals surface area (Å²) in [6, 6.07) is 6.41. The number of nitrogens with zero attached hydrogens (tertiary/aromatic N) is 5. The second-order valence-corrected chi connectivity index (χ2v) is 15.8. The molecule has 0 spiro atoms. The van der Waals surface area contributed by atoms with Gasteiger partial charge in [-0.1, -0.05) is 23.7 Å². The van der Waals surface area contributed by atoms with Crippen LogP contribution in [-0.2, 0) is 14.4 Å². The fourth-order valence-corrected chi connectivity index (χ4v) is 8.29. The second kappa shape index (κ2) is 13.5. The number of amides is 3. The normalized spacial score (nSPS) is 29.3. The average molecular weight is 678 g/mol. The Hall–Kier alpha value is -2.34. The molecule has 1 N–H and O–H groups in total. The van der Waals surface area contributed by atoms with Crippen molar-refractivity contribution in [2.75, 3.05) is 59.5 Å². The first-order chi connectivity index (χ1) is 22.3. The van der Waals surface area contributed by atoms with Gasteiger partial charge in [-0.15, -0.1) is 0 Å². The summed E-state index contributed by atoms with van der Waals surface area (Å²) in [6.07, 6.45) is 2.12. The number of piperazine rings is 1. The van der Waals surface area contributed by atoms with E-state index < -0.39 is 36.1 Å². The molecule has 6 rings (SSSR count). The minimum atomic E-state index is -2.78. The van der Waals surface area contributed by atoms with E-state index in [0.29, 0.717) is 30.7 Å². The highest BCUT2D eigenvalue weighted by Gasteiger charge is 2.52. The molecule has 5 aliphatic rings. The SMILES string of the molecule is CN1CCN(C(=O)[C@H]2C[C@H](N(C(=O)C(C)(C)CO)C3CCC(F)(F)CC3)CN2C(=O)[C@@H]2CN(C3CC3)C[C@H]2c2ccc(Cl)cc2)CC1. The molecule has 3 aliphatic heterocycles. The van der Waals surface area contributed by atoms with Crippen LogP contribution in [0.4, 0.5) is 8.78 Å². The molecule has 1 aromatic rings. The maximum absolute atomic E-state index is 14.8. The highest BCUT2D eigenvalue weighted by molar-refractivity contribution is 6.30. The van der Waals surface area contributed by atoms with E-state index in [1.54, 1.807) is 23.6 Å². The van der Waals surface area contributed by atoms with E-state index in [9.17, 15) is 28.3 Å². The van der Waals surface area contributed by atoms with Gasteiger partial charge >= 0.3 is 0 Å². The Morgan fingerprint density at radius 3 is 2.17 bits per heavy atom. The molecule has 3 saturated heterocycles. The van der Waals surface area contributed by atoms with Gasteiger partial charge in [0.05, 0.1) is 24.0 Å². The molecule has 2 aliphatic carbocycles. The molecule has 0 radical (unpaired) electrons. The molecule has 9 nitrogen and oxygen atoms in total. The van der Waals surface area contributed by atoms with Crippen molar-refractivity contribution < 1.29 is 28.3 Å². The minimum Gasteiger partial charge on any atom is -0.395 e. The third-order valence-electron chi connectivity index (χ3n) is 11.4. The van der Waals surface area contributed by atoms with Crippen molar-refractivity contribution in [3.63, 3.8) is 0 Å². The molecule has 0 bridgehead atoms. The fourth-order valence-electron chi connectivity index (χ4n) is 8.16. The highest BCUT2D eigenvalue weighted by Crippen LogP contribution is 2.43. The van der Waals surface area contributed by atoms with Crippen LogP contribution in [0, 0.1) is 11.3 Å². The zero-order chi connectivity index (χ0) is 33.7. The van der Waals surface area contributed by atoms with E-state index in [-0.39, 0.29) is 68.2 Å². The lowest BCUT2D eigenvalue weighted by Crippen LogP contribution is -2.55. The number of hydrogen-bond donors (Lipinski definition) is 1. The Bertz CT molecular complexity index is 1310. The van der Waals surface area contributed by atoms with Crippen molar-refractivity contribution in [2.24, 2.45) is 11.3 Å². The van der Waals surface area contributed by atoms with Gasteiger partial charge in [-0.3, -0.25) is 19.3 Å². The molecule has 12 heteroatoms. The summed E-state index contributed by atoms with van der Waals surface area (Å²) in [7, 11) is 2.02. The number of aliphatic hydroxyl groups is 1. The summed E-state index contributed by atoms with van der Waals surface area (Å²) >= 11 is 6.22. The van der Waals surface area contributed by atoms with E-state index in [2.05, 4.69) is 9.80 Å². The number of likely N-dealkylation sites (N-methyl/N-ethyl adjacent to an activating group) is 1. The smallest absolute Gasteiger partial charge is 0.248 e. The molecule has 260 valence electrons. The molecular weight excluding hydrogens is 628 g/mol. The van der Waals surface area contributed by atoms with Crippen LogP contribution in [0.15, 0.2) is 24.3 Å². The molecule has 3 heterocycles. The number of likely N-dealkylation sites (tertiary alicyclic amines) is 2. The molecule has 1 aromatic carbocycles. The third-order valence-corrected chi connectivity index (χ3v) is 11.6. The lowest BCUT2D eigenvalue weighted by Gasteiger charge is -2.43. The minimum absolute atomic E-state index is 0.0644. The number of alkyl halides is 2. The third kappa shape index (κ3) is 7.33. The van der Waals surface area contributed by atoms with E-state index in [0.717, 1.165) is 38.0 Å². The van der Waals surface area contributed by atoms with Crippen molar-refractivity contribution in [1.29, 1.82) is 0 Å². The lowest BCUT2D eigenvalue weighted by atomic mass is 9.86. The summed E-state index contributed by atoms with van der Waals surface area (Å²) in [5, 5.41) is 10.8. The zero-order valence-electron chi connectivity index (χ0n) is 27.9. The Labute approximate surface area is 282 Å². The molecule has 47 heavy (non-hydrogen) atoms. The van der Waals surface area contributed by atoms with Crippen LogP contribution in [0.5, 0.6) is 0 Å². The summed E-state index contributed by atoms with van der Waals surface area (Å²) in [5.41, 5.74) is -0.0946. The van der Waals surface area contributed by atoms with Crippen LogP contribution in [0.1, 0.15) is 70.3 Å². The average Bonchev–Trinajstić information content (AvgIpc) is 3.66. The van der Waals surface area contributed by atoms with Crippen molar-refractivity contribution in [1.82, 2.24) is 24.5 Å². The van der Waals surface area contributed by atoms with Crippen LogP contribution in [0.2, 0.25) is 5.02 Å². The van der Waals surface area contributed by atoms with E-state index in [4.69, 9.17) is 11.6 Å². The molecular formula is C35H50ClF2N5O4. The van der Waals surface area contributed by atoms with Crippen molar-refractivity contribution in [3.8, 4) is 0 Å². The fraction of sp³-hybridized carbons (Fsp3) is 0.743. The molecule has 0 unspecified atom stereocenters. The van der Waals surface area contributed by atoms with Crippen LogP contribution < -0.4 is 0 Å². The molecule has 2 saturated carbocycles. The van der Waals surface area contributed by atoms with Gasteiger partial charge in [-0.25, -0.2) is 8.78 Å². The Kier molecular flexibility index (Phi) is 9.93. The van der Waals surface area contributed by atoms with Gasteiger partial charge in [0.15, 0.2) is 0 Å². The summed E-state index contributed by atoms with van der Waals surface area (Å²) in [4.78, 5) is 53.1. The van der Waals surface area contributed by atoms with Crippen molar-refractivity contribution in [2.45, 2.75) is 94.8 Å². The predicted molar refractivity (Wildman–Crippen MR) is 175 cm³/mol. The van der Waals surface area contributed by atoms with Gasteiger partial charge in [0.1, 0.15) is 6.04 Å². The van der Waals surface area contributed by atoms with Gasteiger partial charge in [0, 0.05) is 81.7 Å². The second-order valence-electron chi connectivity index (χ2n) is 15.3. The lowest BCUT2D eigenvalue weighted by molar-refractivity contribution is -0.151. The van der Waals surface area contributed by atoms with Crippen LogP contribution in [-0.4, -0.2) is 137 Å². The molecule has 4 atom stereocenters. The van der Waals surface area contributed by atoms with E-state index >= 15 is 0 Å². The number of hydrogen-bond acceptors (Lipinski definition) is 6. The maximum atomic E-state index is 14.8. The molecule has 0 aromatic heterocycles. The van der Waals surface area contributed by atoms with Gasteiger partial charge in [-0.2, -0.15) is 0 Å². The van der Waals surface area contributed by atoms with E-state index in [1.165, 1.54) is 0 Å². The van der Waals surface area contributed by atoms with Gasteiger partial charge in [0.2, 0.25) is 23.6 Å². The molecule has 3 amide bonds. The van der Waals surface area contributed by atoms with Gasteiger partial charge < -0.3 is 24.7 Å². The monoisotopic (exact) mass is 677 g/mol. The van der Waals surface area contributed by atoms with Gasteiger partial charge in [0.25, 0.3) is 0 Å². The van der Waals surface area contributed by atoms with Crippen LogP contribution in [0.25, 0.3) is 0 Å². The number of aliphatic hydroxyl groups excluding tert-OH is 1. The molecule has 5 fully saturated rings. The quantitative estimate of drug-likeness (QED) is 0.452. The predicted octanol–water partition coefficient (Wildman–Crippen LogP) is 3.69. The Morgan fingerprint density at radius 1 is 0.936 bits per heavy atom.